The summed E-state index contributed by atoms with van der Waals surface area (Å²) in [7, 11) is 0. The number of anilines is 2. The number of terminal acetylenes is 2. The van der Waals surface area contributed by atoms with Crippen LogP contribution in [0.1, 0.15) is 211 Å². The van der Waals surface area contributed by atoms with Gasteiger partial charge in [0.05, 0.1) is 46.9 Å². The number of hydrogen-bond donors (Lipinski definition) is 10. The molecule has 2 amide bonds. The van der Waals surface area contributed by atoms with E-state index in [9.17, 15) is 59.5 Å². The zero-order chi connectivity index (χ0) is 102. The maximum Gasteiger partial charge on any atom is 0.519 e. The van der Waals surface area contributed by atoms with Crippen LogP contribution < -0.4 is 66.0 Å². The molecule has 32 nitrogen and oxygen atoms in total. The lowest BCUT2D eigenvalue weighted by Crippen LogP contribution is -2.43. The fourth-order valence-electron chi connectivity index (χ4n) is 16.8. The molecule has 6 aromatic rings. The highest BCUT2D eigenvalue weighted by molar-refractivity contribution is 8.16. The SMILES string of the molecule is C.C#CCOc1cnc(C(=O)Cc2cc(F)c(F)c([C@@]3(C)N=C(N)S[C@@]4(CN)C[C@H]43)c2)cn1.C#CCOc1cnc(C(=O)Cc2cc(F)c(F)c([C@@]3(C)N=C(N)S[C@@]4(CNC(=O)OC(C)(C)C)C[C@H]43)c2)cn1.C1CCOC1.CC(C)(C)OC(=O)NC[C@]12C[C@H]1[C@@](C)(c1cc(N)cc(F)c1F)N=C(N)S2.CC(C)(C)OC(=O)OC(=O)OC(C)(C)C.C[C@]1(c2cc(N)cc(F)c2F)N=C(N)S[C@@]2(CN)C[C@H]21. The lowest BCUT2D eigenvalue weighted by molar-refractivity contribution is -0.0295. The van der Waals surface area contributed by atoms with Crippen LogP contribution in [0, 0.1) is 94.9 Å². The van der Waals surface area contributed by atoms with Crippen molar-refractivity contribution >= 4 is 115 Å². The van der Waals surface area contributed by atoms with Crippen LogP contribution in [-0.4, -0.2) is 171 Å². The van der Waals surface area contributed by atoms with Gasteiger partial charge in [-0.05, 0) is 209 Å². The molecule has 2 aromatic heterocycles. The highest BCUT2D eigenvalue weighted by Gasteiger charge is 2.70. The van der Waals surface area contributed by atoms with E-state index in [1.165, 1.54) is 109 Å². The summed E-state index contributed by atoms with van der Waals surface area (Å²) >= 11 is 5.46. The number of Topliss-reactive ketones (excluding diaryl/α,β-unsaturated/α-hetero) is 2. The zero-order valence-corrected chi connectivity index (χ0v) is 82.5. The molecule has 15 rings (SSSR count). The van der Waals surface area contributed by atoms with Gasteiger partial charge in [0, 0.05) is 129 Å². The van der Waals surface area contributed by atoms with Crippen LogP contribution in [0.25, 0.3) is 0 Å². The van der Waals surface area contributed by atoms with Crippen LogP contribution in [-0.2, 0) is 63.4 Å². The number of amidine groups is 4. The smallest absolute Gasteiger partial charge is 0.463 e. The first-order valence-corrected chi connectivity index (χ1v) is 47.0. The van der Waals surface area contributed by atoms with E-state index in [1.807, 2.05) is 0 Å². The predicted molar refractivity (Wildman–Crippen MR) is 520 cm³/mol. The number of nitrogens with two attached hydrogens (primary N) is 8. The molecule has 12 atom stereocenters. The summed E-state index contributed by atoms with van der Waals surface area (Å²) in [5, 5.41) is 6.62. The summed E-state index contributed by atoms with van der Waals surface area (Å²) in [5.74, 6) is -4.45. The van der Waals surface area contributed by atoms with Crippen molar-refractivity contribution in [3.8, 4) is 36.4 Å². The second-order valence-corrected chi connectivity index (χ2v) is 44.6. The summed E-state index contributed by atoms with van der Waals surface area (Å²) in [6.07, 6.45) is 16.8. The lowest BCUT2D eigenvalue weighted by Gasteiger charge is -2.34. The highest BCUT2D eigenvalue weighted by Crippen LogP contribution is 2.69. The van der Waals surface area contributed by atoms with Crippen molar-refractivity contribution in [3.63, 3.8) is 0 Å². The molecule has 9 aliphatic rings. The number of nitrogen functional groups attached to an aromatic ring is 2. The van der Waals surface area contributed by atoms with Gasteiger partial charge in [-0.1, -0.05) is 66.3 Å². The minimum atomic E-state index is -1.22. The largest absolute Gasteiger partial charge is 0.519 e. The summed E-state index contributed by atoms with van der Waals surface area (Å²) in [6, 6.07) is 9.64. The number of hydrogen-bond acceptors (Lipinski definition) is 34. The van der Waals surface area contributed by atoms with E-state index in [-0.39, 0.29) is 158 Å². The molecular formula is C95H120F8N18O14S4. The number of aromatic nitrogens is 4. The Labute approximate surface area is 819 Å². The lowest BCUT2D eigenvalue weighted by atomic mass is 9.84. The molecule has 0 spiro atoms. The summed E-state index contributed by atoms with van der Waals surface area (Å²) < 4.78 is 154. The first kappa shape index (κ1) is 111. The first-order valence-electron chi connectivity index (χ1n) is 43.7. The fourth-order valence-corrected chi connectivity index (χ4v) is 22.4. The number of carbonyl (C=O) groups is 6. The number of fused-ring (bicyclic) bond motifs is 4. The molecule has 139 heavy (non-hydrogen) atoms. The number of alkyl carbamates (subject to hydrolysis) is 2. The molecule has 0 radical (unpaired) electrons. The normalized spacial score (nSPS) is 25.6. The topological polar surface area (TPSA) is 509 Å². The average molecular weight is 2020 g/mol. The van der Waals surface area contributed by atoms with E-state index in [2.05, 4.69) is 67.1 Å². The zero-order valence-electron chi connectivity index (χ0n) is 79.3. The molecule has 1 saturated heterocycles. The molecule has 44 heteroatoms. The van der Waals surface area contributed by atoms with Gasteiger partial charge in [0.2, 0.25) is 11.8 Å². The van der Waals surface area contributed by atoms with Crippen LogP contribution in [0.2, 0.25) is 0 Å². The fraction of sp³-hybridized carbons (Fsp3) is 0.516. The monoisotopic (exact) mass is 2020 g/mol. The molecule has 5 aliphatic heterocycles. The minimum absolute atomic E-state index is 0. The number of amides is 2. The number of rotatable bonds is 20. The number of ether oxygens (including phenoxy) is 8. The minimum Gasteiger partial charge on any atom is -0.463 e. The number of nitrogens with one attached hydrogen (secondary N) is 2. The Hall–Kier alpha value is -11.4. The number of thioether (sulfide) groups is 4. The second-order valence-electron chi connectivity index (χ2n) is 38.8. The molecule has 4 aliphatic carbocycles. The average Bonchev–Trinajstić information content (AvgIpc) is 1.54. The summed E-state index contributed by atoms with van der Waals surface area (Å²) in [5.41, 5.74) is 41.4. The second kappa shape index (κ2) is 43.4. The van der Waals surface area contributed by atoms with E-state index < -0.39 is 137 Å². The number of halogens is 8. The van der Waals surface area contributed by atoms with Gasteiger partial charge in [-0.25, -0.2) is 74.2 Å². The molecular weight excluding hydrogens is 1900 g/mol. The quantitative estimate of drug-likeness (QED) is 0.00645. The summed E-state index contributed by atoms with van der Waals surface area (Å²) in [6.45, 7) is 30.8. The molecule has 4 saturated carbocycles. The molecule has 4 aromatic carbocycles. The highest BCUT2D eigenvalue weighted by atomic mass is 32.2. The standard InChI is InChI=1S/C27H29F2N5O4S.C22H21F2N5O2S.C18H24F2N4O2S.C13H16F2N4S.C10H18O5.C4H8O.CH4/c1-6-7-37-21-13-31-18(12-32-21)19(35)10-15-8-16(22(29)17(28)9-15)26(5)20-11-27(20,39-23(30)34-26)14-33-24(36)38-25(2,3)4;1-3-4-31-18-10-27-15(9-28-18)16(30)7-12-5-13(19(24)14(23)6-12)21(2)17-8-22(17,11-25)32-20(26)29-21;1-16(2,3)26-15(25)23-8-18-7-12(18)17(4,24-14(22)27-18)10-5-9(21)6-11(19)13(10)20;1-12(7-2-6(17)3-8(14)10(7)15)9-4-13(9,5-16)20-11(18)19-12;1-9(2,3)14-7(11)13-8(12)15-10(4,5)6;1-2-4-5-3-1;/h1,8-9,12-13,20H,7,10-11,14H2,2-5H3,(H2,30,34)(H,33,36);1,5-6,9-10,17H,4,7-8,11,25H2,2H3,(H2,26,29);5-6,12H,7-8,21H2,1-4H3,(H2,22,24)(H,23,25);2-3,9H,4-5,16-17H2,1H3,(H2,18,19);1-6H3;1-4H2;1H4/t20-,26+,27+;17-,21+,22+;12-,17+,18+;9-,12+,13+;;;/m0000.../s1. The van der Waals surface area contributed by atoms with E-state index in [4.69, 9.17) is 91.9 Å². The van der Waals surface area contributed by atoms with E-state index in [0.717, 1.165) is 43.9 Å². The van der Waals surface area contributed by atoms with Crippen molar-refractivity contribution in [2.45, 2.75) is 233 Å². The molecule has 5 fully saturated rings. The Morgan fingerprint density at radius 1 is 0.432 bits per heavy atom. The van der Waals surface area contributed by atoms with Crippen molar-refractivity contribution in [2.24, 2.45) is 78.0 Å². The number of nitrogens with zero attached hydrogens (tertiary/aromatic N) is 8. The van der Waals surface area contributed by atoms with Crippen molar-refractivity contribution in [2.75, 3.05) is 64.1 Å². The first-order chi connectivity index (χ1) is 64.2. The Kier molecular flexibility index (Phi) is 34.7. The van der Waals surface area contributed by atoms with Crippen LogP contribution >= 0.6 is 47.0 Å². The third-order valence-electron chi connectivity index (χ3n) is 23.4. The summed E-state index contributed by atoms with van der Waals surface area (Å²) in [4.78, 5) is 106. The Morgan fingerprint density at radius 2 is 0.719 bits per heavy atom. The maximum absolute atomic E-state index is 15.2. The molecule has 0 unspecified atom stereocenters. The van der Waals surface area contributed by atoms with Crippen LogP contribution in [0.4, 0.5) is 65.7 Å². The van der Waals surface area contributed by atoms with E-state index in [0.29, 0.717) is 43.1 Å². The number of benzene rings is 4. The van der Waals surface area contributed by atoms with Gasteiger partial charge >= 0.3 is 24.5 Å². The number of aliphatic imine (C=N–C) groups is 4. The third-order valence-corrected chi connectivity index (χ3v) is 28.6. The van der Waals surface area contributed by atoms with Gasteiger partial charge in [0.15, 0.2) is 92.0 Å². The Bertz CT molecular complexity index is 5800. The maximum atomic E-state index is 15.2. The van der Waals surface area contributed by atoms with Crippen LogP contribution in [0.15, 0.2) is 93.3 Å². The van der Waals surface area contributed by atoms with Crippen molar-refractivity contribution in [1.82, 2.24) is 30.6 Å². The van der Waals surface area contributed by atoms with Gasteiger partial charge < -0.3 is 94.4 Å². The van der Waals surface area contributed by atoms with Crippen molar-refractivity contribution in [3.05, 3.63) is 165 Å². The van der Waals surface area contributed by atoms with Gasteiger partial charge in [-0.15, -0.1) is 12.8 Å². The molecule has 0 bridgehead atoms. The molecule has 7 heterocycles. The van der Waals surface area contributed by atoms with E-state index in [1.54, 1.807) is 111 Å². The van der Waals surface area contributed by atoms with Gasteiger partial charge in [0.25, 0.3) is 0 Å². The number of carbonyl (C=O) groups excluding carboxylic acids is 6. The van der Waals surface area contributed by atoms with Gasteiger partial charge in [-0.2, -0.15) is 0 Å². The van der Waals surface area contributed by atoms with Crippen molar-refractivity contribution in [1.29, 1.82) is 0 Å². The van der Waals surface area contributed by atoms with Crippen molar-refractivity contribution < 1.29 is 102 Å². The third kappa shape index (κ3) is 27.4. The van der Waals surface area contributed by atoms with Crippen LogP contribution in [0.5, 0.6) is 11.8 Å². The Morgan fingerprint density at radius 3 is 0.993 bits per heavy atom. The Balaban J connectivity index is 0.000000197. The molecule has 18 N–H and O–H groups in total. The molecule has 754 valence electrons. The van der Waals surface area contributed by atoms with Gasteiger partial charge in [0.1, 0.15) is 33.8 Å². The number of ketones is 2. The van der Waals surface area contributed by atoms with Gasteiger partial charge in [-0.3, -0.25) is 29.6 Å². The van der Waals surface area contributed by atoms with Crippen LogP contribution in [0.3, 0.4) is 0 Å². The predicted octanol–water partition coefficient (Wildman–Crippen LogP) is 14.9. The van der Waals surface area contributed by atoms with E-state index >= 15 is 4.39 Å².